The SMILES string of the molecule is CNC(=O)c1c(-c2ccc(F)cc2)oc2ccc(-c3cccc(C(=O)NC(CO)C(C)C)c3)cc12. The van der Waals surface area contributed by atoms with E-state index in [1.54, 1.807) is 43.4 Å². The van der Waals surface area contributed by atoms with Crippen molar-refractivity contribution in [1.82, 2.24) is 10.6 Å². The lowest BCUT2D eigenvalue weighted by molar-refractivity contribution is 0.0896. The van der Waals surface area contributed by atoms with Gasteiger partial charge in [-0.05, 0) is 65.6 Å². The number of furan rings is 1. The number of carbonyl (C=O) groups excluding carboxylic acids is 2. The molecule has 1 heterocycles. The molecule has 0 spiro atoms. The summed E-state index contributed by atoms with van der Waals surface area (Å²) in [5, 5.41) is 15.7. The van der Waals surface area contributed by atoms with Crippen LogP contribution >= 0.6 is 0 Å². The van der Waals surface area contributed by atoms with Crippen LogP contribution in [0.4, 0.5) is 4.39 Å². The van der Waals surface area contributed by atoms with Crippen LogP contribution in [0.15, 0.2) is 71.1 Å². The van der Waals surface area contributed by atoms with Crippen molar-refractivity contribution in [1.29, 1.82) is 0 Å². The summed E-state index contributed by atoms with van der Waals surface area (Å²) in [4.78, 5) is 25.6. The molecule has 0 bridgehead atoms. The van der Waals surface area contributed by atoms with Crippen LogP contribution in [0.5, 0.6) is 0 Å². The van der Waals surface area contributed by atoms with Crippen LogP contribution in [0.3, 0.4) is 0 Å². The fourth-order valence-corrected chi connectivity index (χ4v) is 3.95. The van der Waals surface area contributed by atoms with Gasteiger partial charge in [0.2, 0.25) is 0 Å². The van der Waals surface area contributed by atoms with E-state index >= 15 is 0 Å². The van der Waals surface area contributed by atoms with Crippen LogP contribution in [-0.2, 0) is 0 Å². The summed E-state index contributed by atoms with van der Waals surface area (Å²) in [6.07, 6.45) is 0. The fraction of sp³-hybridized carbons (Fsp3) is 0.214. The monoisotopic (exact) mass is 474 g/mol. The van der Waals surface area contributed by atoms with Gasteiger partial charge in [-0.2, -0.15) is 0 Å². The van der Waals surface area contributed by atoms with E-state index in [-0.39, 0.29) is 36.2 Å². The summed E-state index contributed by atoms with van der Waals surface area (Å²) in [7, 11) is 1.54. The zero-order valence-electron chi connectivity index (χ0n) is 19.8. The number of rotatable bonds is 7. The Kier molecular flexibility index (Phi) is 6.98. The van der Waals surface area contributed by atoms with Crippen LogP contribution < -0.4 is 10.6 Å². The number of carbonyl (C=O) groups is 2. The van der Waals surface area contributed by atoms with Gasteiger partial charge in [0, 0.05) is 23.6 Å². The summed E-state index contributed by atoms with van der Waals surface area (Å²) in [5.41, 5.74) is 3.51. The molecule has 1 atom stereocenters. The fourth-order valence-electron chi connectivity index (χ4n) is 3.95. The van der Waals surface area contributed by atoms with E-state index in [9.17, 15) is 19.1 Å². The Balaban J connectivity index is 1.76. The van der Waals surface area contributed by atoms with Crippen molar-refractivity contribution in [3.63, 3.8) is 0 Å². The van der Waals surface area contributed by atoms with Gasteiger partial charge in [-0.1, -0.05) is 32.0 Å². The number of fused-ring (bicyclic) bond motifs is 1. The van der Waals surface area contributed by atoms with Crippen molar-refractivity contribution >= 4 is 22.8 Å². The van der Waals surface area contributed by atoms with E-state index in [4.69, 9.17) is 4.42 Å². The number of nitrogens with one attached hydrogen (secondary N) is 2. The molecule has 1 aromatic heterocycles. The van der Waals surface area contributed by atoms with Gasteiger partial charge in [0.05, 0.1) is 18.2 Å². The Morgan fingerprint density at radius 3 is 2.29 bits per heavy atom. The smallest absolute Gasteiger partial charge is 0.255 e. The lowest BCUT2D eigenvalue weighted by Gasteiger charge is -2.20. The molecule has 35 heavy (non-hydrogen) atoms. The Labute approximate surface area is 202 Å². The van der Waals surface area contributed by atoms with Crippen LogP contribution in [0.25, 0.3) is 33.4 Å². The van der Waals surface area contributed by atoms with Crippen molar-refractivity contribution in [3.8, 4) is 22.5 Å². The summed E-state index contributed by atoms with van der Waals surface area (Å²) in [5.74, 6) is -0.524. The van der Waals surface area contributed by atoms with Crippen molar-refractivity contribution in [2.45, 2.75) is 19.9 Å². The maximum absolute atomic E-state index is 13.4. The minimum atomic E-state index is -0.378. The van der Waals surface area contributed by atoms with Gasteiger partial charge in [0.1, 0.15) is 17.2 Å². The molecule has 2 amide bonds. The molecule has 4 aromatic rings. The third-order valence-electron chi connectivity index (χ3n) is 6.02. The van der Waals surface area contributed by atoms with Crippen LogP contribution in [0, 0.1) is 11.7 Å². The Hall–Kier alpha value is -3.97. The first-order valence-electron chi connectivity index (χ1n) is 11.4. The van der Waals surface area contributed by atoms with E-state index in [0.29, 0.717) is 33.4 Å². The highest BCUT2D eigenvalue weighted by atomic mass is 19.1. The normalized spacial score (nSPS) is 12.1. The topological polar surface area (TPSA) is 91.6 Å². The van der Waals surface area contributed by atoms with E-state index in [2.05, 4.69) is 10.6 Å². The Morgan fingerprint density at radius 2 is 1.63 bits per heavy atom. The maximum Gasteiger partial charge on any atom is 0.255 e. The number of aliphatic hydroxyl groups excluding tert-OH is 1. The van der Waals surface area contributed by atoms with Gasteiger partial charge in [-0.25, -0.2) is 4.39 Å². The van der Waals surface area contributed by atoms with Crippen molar-refractivity contribution in [2.75, 3.05) is 13.7 Å². The summed E-state index contributed by atoms with van der Waals surface area (Å²) in [6.45, 7) is 3.73. The van der Waals surface area contributed by atoms with Crippen molar-refractivity contribution in [3.05, 3.63) is 83.7 Å². The second-order valence-corrected chi connectivity index (χ2v) is 8.69. The predicted molar refractivity (Wildman–Crippen MR) is 134 cm³/mol. The number of hydrogen-bond donors (Lipinski definition) is 3. The van der Waals surface area contributed by atoms with Crippen LogP contribution in [0.2, 0.25) is 0 Å². The largest absolute Gasteiger partial charge is 0.455 e. The molecule has 180 valence electrons. The number of aliphatic hydroxyl groups is 1. The summed E-state index contributed by atoms with van der Waals surface area (Å²) in [6, 6.07) is 18.1. The average Bonchev–Trinajstić information content (AvgIpc) is 3.25. The molecule has 0 fully saturated rings. The average molecular weight is 475 g/mol. The van der Waals surface area contributed by atoms with Gasteiger partial charge in [-0.3, -0.25) is 9.59 Å². The van der Waals surface area contributed by atoms with E-state index < -0.39 is 0 Å². The van der Waals surface area contributed by atoms with Gasteiger partial charge < -0.3 is 20.2 Å². The van der Waals surface area contributed by atoms with Crippen LogP contribution in [0.1, 0.15) is 34.6 Å². The van der Waals surface area contributed by atoms with Gasteiger partial charge >= 0.3 is 0 Å². The third kappa shape index (κ3) is 4.95. The minimum Gasteiger partial charge on any atom is -0.455 e. The zero-order valence-corrected chi connectivity index (χ0v) is 19.8. The van der Waals surface area contributed by atoms with E-state index in [1.807, 2.05) is 32.0 Å². The minimum absolute atomic E-state index is 0.0917. The number of benzene rings is 3. The molecule has 0 aliphatic heterocycles. The first kappa shape index (κ1) is 24.2. The molecule has 6 nitrogen and oxygen atoms in total. The molecular formula is C28H27FN2O4. The Morgan fingerprint density at radius 1 is 0.943 bits per heavy atom. The lowest BCUT2D eigenvalue weighted by atomic mass is 9.98. The first-order valence-corrected chi connectivity index (χ1v) is 11.4. The standard InChI is InChI=1S/C28H27FN2O4/c1-16(2)23(15-32)31-27(33)20-6-4-5-18(13-20)19-9-12-24-22(14-19)25(28(34)30-3)26(35-24)17-7-10-21(29)11-8-17/h4-14,16,23,32H,15H2,1-3H3,(H,30,34)(H,31,33). The first-order chi connectivity index (χ1) is 16.8. The van der Waals surface area contributed by atoms with Crippen molar-refractivity contribution < 1.29 is 23.5 Å². The van der Waals surface area contributed by atoms with Crippen LogP contribution in [-0.4, -0.2) is 36.6 Å². The highest BCUT2D eigenvalue weighted by Crippen LogP contribution is 2.36. The number of amides is 2. The molecular weight excluding hydrogens is 447 g/mol. The van der Waals surface area contributed by atoms with Gasteiger partial charge in [0.15, 0.2) is 0 Å². The molecule has 0 saturated heterocycles. The molecule has 4 rings (SSSR count). The number of hydrogen-bond acceptors (Lipinski definition) is 4. The highest BCUT2D eigenvalue weighted by molar-refractivity contribution is 6.11. The highest BCUT2D eigenvalue weighted by Gasteiger charge is 2.22. The molecule has 0 saturated carbocycles. The second kappa shape index (κ2) is 10.1. The molecule has 3 aromatic carbocycles. The molecule has 3 N–H and O–H groups in total. The predicted octanol–water partition coefficient (Wildman–Crippen LogP) is 5.01. The van der Waals surface area contributed by atoms with Gasteiger partial charge in [0.25, 0.3) is 11.8 Å². The third-order valence-corrected chi connectivity index (χ3v) is 6.02. The Bertz CT molecular complexity index is 1380. The molecule has 0 aliphatic carbocycles. The second-order valence-electron chi connectivity index (χ2n) is 8.69. The zero-order chi connectivity index (χ0) is 25.1. The quantitative estimate of drug-likeness (QED) is 0.351. The molecule has 1 unspecified atom stereocenters. The summed E-state index contributed by atoms with van der Waals surface area (Å²) >= 11 is 0. The molecule has 7 heteroatoms. The molecule has 0 aliphatic rings. The van der Waals surface area contributed by atoms with E-state index in [1.165, 1.54) is 12.1 Å². The van der Waals surface area contributed by atoms with Gasteiger partial charge in [-0.15, -0.1) is 0 Å². The number of halogens is 1. The van der Waals surface area contributed by atoms with E-state index in [0.717, 1.165) is 11.1 Å². The lowest BCUT2D eigenvalue weighted by Crippen LogP contribution is -2.41. The van der Waals surface area contributed by atoms with Crippen molar-refractivity contribution in [2.24, 2.45) is 5.92 Å². The molecule has 0 radical (unpaired) electrons. The maximum atomic E-state index is 13.4. The summed E-state index contributed by atoms with van der Waals surface area (Å²) < 4.78 is 19.4.